The number of anilines is 3. The molecule has 6 N–H and O–H groups in total. The monoisotopic (exact) mass is 601 g/mol. The number of pyridine rings is 2. The number of hydrogen-bond acceptors (Lipinski definition) is 8. The lowest BCUT2D eigenvalue weighted by Crippen LogP contribution is -2.24. The number of carbonyl (C=O) groups is 3. The van der Waals surface area contributed by atoms with E-state index in [0.29, 0.717) is 33.8 Å². The number of methoxy groups -OCH3 is 1. The Morgan fingerprint density at radius 2 is 1.91 bits per heavy atom. The Hall–Kier alpha value is -5.41. The number of benzene rings is 1. The number of nitrogens with one attached hydrogen (secondary N) is 3. The number of nitrogens with zero attached hydrogens (tertiary/aromatic N) is 3. The number of nitrogens with two attached hydrogens (primary N) is 1. The van der Waals surface area contributed by atoms with Crippen LogP contribution in [0.1, 0.15) is 25.8 Å². The molecule has 0 spiro atoms. The van der Waals surface area contributed by atoms with E-state index in [0.717, 1.165) is 24.0 Å². The van der Waals surface area contributed by atoms with Crippen LogP contribution in [-0.2, 0) is 14.4 Å². The molecule has 1 fully saturated rings. The molecule has 1 saturated carbocycles. The number of aromatic amines is 1. The van der Waals surface area contributed by atoms with Crippen molar-refractivity contribution >= 4 is 45.9 Å². The van der Waals surface area contributed by atoms with Gasteiger partial charge in [0.25, 0.3) is 5.56 Å². The van der Waals surface area contributed by atoms with Gasteiger partial charge in [-0.25, -0.2) is 9.78 Å². The van der Waals surface area contributed by atoms with E-state index in [-0.39, 0.29) is 17.4 Å². The zero-order valence-electron chi connectivity index (χ0n) is 22.7. The molecule has 4 aromatic rings. The molecule has 5 rings (SSSR count). The lowest BCUT2D eigenvalue weighted by molar-refractivity contribution is -0.192. The highest BCUT2D eigenvalue weighted by Gasteiger charge is 2.38. The lowest BCUT2D eigenvalue weighted by atomic mass is 10.1. The standard InChI is InChI=1S/C25H25N7O4.C2HF3O2/c1-13(23(26)33)32-12-15(11-28-32)16-4-3-5-18(22(16)36-2)29-19-10-20(31-24(34)14-6-7-14)30-17-8-9-27-25(35)21(17)19;3-2(4,5)1(6)7/h3-5,8-14H,6-7H2,1-2H3,(H2,26,33)(H,27,35)(H2,29,30,31,34);(H,6,7). The van der Waals surface area contributed by atoms with Gasteiger partial charge >= 0.3 is 12.1 Å². The number of ether oxygens (including phenoxy) is 1. The van der Waals surface area contributed by atoms with Crippen molar-refractivity contribution in [2.24, 2.45) is 11.7 Å². The van der Waals surface area contributed by atoms with Crippen molar-refractivity contribution in [3.05, 3.63) is 59.3 Å². The molecule has 0 bridgehead atoms. The second kappa shape index (κ2) is 12.2. The smallest absolute Gasteiger partial charge is 0.490 e. The van der Waals surface area contributed by atoms with Gasteiger partial charge in [-0.05, 0) is 31.9 Å². The zero-order chi connectivity index (χ0) is 31.5. The topological polar surface area (TPSA) is 194 Å². The SMILES string of the molecule is COc1c(Nc2cc(NC(=O)C3CC3)nc3cc[nH]c(=O)c23)cccc1-c1cnn(C(C)C(N)=O)c1.O=C(O)C(F)(F)F. The number of alkyl halides is 3. The van der Waals surface area contributed by atoms with Crippen LogP contribution in [-0.4, -0.2) is 55.9 Å². The lowest BCUT2D eigenvalue weighted by Gasteiger charge is -2.16. The van der Waals surface area contributed by atoms with Gasteiger partial charge in [0.15, 0.2) is 0 Å². The van der Waals surface area contributed by atoms with Crippen molar-refractivity contribution in [2.75, 3.05) is 17.7 Å². The van der Waals surface area contributed by atoms with E-state index >= 15 is 0 Å². The van der Waals surface area contributed by atoms with E-state index in [1.807, 2.05) is 18.2 Å². The molecule has 1 aliphatic carbocycles. The van der Waals surface area contributed by atoms with Gasteiger partial charge in [-0.1, -0.05) is 12.1 Å². The van der Waals surface area contributed by atoms with Crippen molar-refractivity contribution in [1.29, 1.82) is 0 Å². The van der Waals surface area contributed by atoms with E-state index < -0.39 is 24.1 Å². The predicted octanol–water partition coefficient (Wildman–Crippen LogP) is 3.57. The second-order valence-corrected chi connectivity index (χ2v) is 9.49. The summed E-state index contributed by atoms with van der Waals surface area (Å²) < 4.78 is 39.0. The van der Waals surface area contributed by atoms with Crippen molar-refractivity contribution in [2.45, 2.75) is 32.0 Å². The van der Waals surface area contributed by atoms with Gasteiger partial charge < -0.3 is 31.2 Å². The van der Waals surface area contributed by atoms with Crippen LogP contribution in [0.5, 0.6) is 5.75 Å². The molecule has 1 aromatic carbocycles. The quantitative estimate of drug-likeness (QED) is 0.201. The fourth-order valence-corrected chi connectivity index (χ4v) is 3.98. The predicted molar refractivity (Wildman–Crippen MR) is 149 cm³/mol. The average molecular weight is 602 g/mol. The molecule has 1 atom stereocenters. The number of fused-ring (bicyclic) bond motifs is 1. The summed E-state index contributed by atoms with van der Waals surface area (Å²) in [5.74, 6) is -2.47. The third-order valence-electron chi connectivity index (χ3n) is 6.38. The number of halogens is 3. The van der Waals surface area contributed by atoms with Crippen LogP contribution in [0.25, 0.3) is 22.0 Å². The third kappa shape index (κ3) is 7.09. The molecule has 0 aliphatic heterocycles. The molecule has 2 amide bonds. The Balaban J connectivity index is 0.000000541. The fraction of sp³-hybridized carbons (Fsp3) is 0.259. The van der Waals surface area contributed by atoms with Crippen LogP contribution in [0.15, 0.2) is 53.7 Å². The number of amides is 2. The summed E-state index contributed by atoms with van der Waals surface area (Å²) in [6.07, 6.45) is 1.50. The molecule has 0 radical (unpaired) electrons. The fourth-order valence-electron chi connectivity index (χ4n) is 3.98. The minimum atomic E-state index is -5.08. The maximum absolute atomic E-state index is 12.7. The molecule has 1 aliphatic rings. The molecule has 3 aromatic heterocycles. The maximum atomic E-state index is 12.7. The molecular formula is C27H26F3N7O6. The highest BCUT2D eigenvalue weighted by atomic mass is 19.4. The number of carbonyl (C=O) groups excluding carboxylic acids is 2. The van der Waals surface area contributed by atoms with E-state index in [4.69, 9.17) is 20.4 Å². The van der Waals surface area contributed by atoms with Gasteiger partial charge in [-0.15, -0.1) is 0 Å². The van der Waals surface area contributed by atoms with E-state index in [1.165, 1.54) is 10.9 Å². The van der Waals surface area contributed by atoms with Gasteiger partial charge in [0.05, 0.1) is 35.6 Å². The van der Waals surface area contributed by atoms with Gasteiger partial charge in [0, 0.05) is 35.5 Å². The summed E-state index contributed by atoms with van der Waals surface area (Å²) in [7, 11) is 1.54. The van der Waals surface area contributed by atoms with Crippen LogP contribution in [0, 0.1) is 5.92 Å². The maximum Gasteiger partial charge on any atom is 0.490 e. The Labute approximate surface area is 240 Å². The van der Waals surface area contributed by atoms with Crippen LogP contribution >= 0.6 is 0 Å². The first-order chi connectivity index (χ1) is 20.3. The summed E-state index contributed by atoms with van der Waals surface area (Å²) in [6.45, 7) is 1.67. The first-order valence-electron chi connectivity index (χ1n) is 12.7. The number of H-pyrrole nitrogens is 1. The van der Waals surface area contributed by atoms with Gasteiger partial charge in [0.2, 0.25) is 11.8 Å². The van der Waals surface area contributed by atoms with Crippen LogP contribution < -0.4 is 26.7 Å². The summed E-state index contributed by atoms with van der Waals surface area (Å²) in [5.41, 5.74) is 8.01. The van der Waals surface area contributed by atoms with Crippen LogP contribution in [0.3, 0.4) is 0 Å². The molecule has 16 heteroatoms. The normalized spacial score (nSPS) is 13.4. The van der Waals surface area contributed by atoms with Crippen LogP contribution in [0.4, 0.5) is 30.4 Å². The van der Waals surface area contributed by atoms with Crippen molar-refractivity contribution in [1.82, 2.24) is 19.7 Å². The van der Waals surface area contributed by atoms with Gasteiger partial charge in [0.1, 0.15) is 17.6 Å². The number of aromatic nitrogens is 4. The van der Waals surface area contributed by atoms with E-state index in [2.05, 4.69) is 25.7 Å². The van der Waals surface area contributed by atoms with Crippen molar-refractivity contribution < 1.29 is 37.4 Å². The Kier molecular flexibility index (Phi) is 8.68. The third-order valence-corrected chi connectivity index (χ3v) is 6.38. The minimum absolute atomic E-state index is 0.00746. The molecule has 1 unspecified atom stereocenters. The van der Waals surface area contributed by atoms with Gasteiger partial charge in [-0.2, -0.15) is 18.3 Å². The molecule has 43 heavy (non-hydrogen) atoms. The average Bonchev–Trinajstić information content (AvgIpc) is 3.69. The number of carboxylic acids is 1. The molecule has 3 heterocycles. The Morgan fingerprint density at radius 3 is 2.51 bits per heavy atom. The molecule has 13 nitrogen and oxygen atoms in total. The Bertz CT molecular complexity index is 1750. The van der Waals surface area contributed by atoms with E-state index in [9.17, 15) is 27.6 Å². The minimum Gasteiger partial charge on any atom is -0.494 e. The zero-order valence-corrected chi connectivity index (χ0v) is 22.7. The van der Waals surface area contributed by atoms with Gasteiger partial charge in [-0.3, -0.25) is 19.1 Å². The summed E-state index contributed by atoms with van der Waals surface area (Å²) in [5, 5.41) is 17.9. The largest absolute Gasteiger partial charge is 0.494 e. The first kappa shape index (κ1) is 30.5. The number of primary amides is 1. The number of rotatable bonds is 8. The number of para-hydroxylation sites is 1. The molecule has 0 saturated heterocycles. The summed E-state index contributed by atoms with van der Waals surface area (Å²) in [4.78, 5) is 52.6. The number of hydrogen-bond donors (Lipinski definition) is 5. The second-order valence-electron chi connectivity index (χ2n) is 9.49. The number of aliphatic carboxylic acids is 1. The molecular weight excluding hydrogens is 575 g/mol. The first-order valence-corrected chi connectivity index (χ1v) is 12.7. The Morgan fingerprint density at radius 1 is 1.21 bits per heavy atom. The molecule has 226 valence electrons. The summed E-state index contributed by atoms with van der Waals surface area (Å²) >= 11 is 0. The summed E-state index contributed by atoms with van der Waals surface area (Å²) in [6, 6.07) is 8.21. The number of carboxylic acid groups (broad SMARTS) is 1. The van der Waals surface area contributed by atoms with E-state index in [1.54, 1.807) is 38.6 Å². The highest BCUT2D eigenvalue weighted by Crippen LogP contribution is 2.39. The van der Waals surface area contributed by atoms with Crippen molar-refractivity contribution in [3.8, 4) is 16.9 Å². The van der Waals surface area contributed by atoms with Crippen molar-refractivity contribution in [3.63, 3.8) is 0 Å². The van der Waals surface area contributed by atoms with Crippen LogP contribution in [0.2, 0.25) is 0 Å². The highest BCUT2D eigenvalue weighted by molar-refractivity contribution is 5.99.